The second-order valence-corrected chi connectivity index (χ2v) is 15.3. The molecule has 1 aromatic rings. The van der Waals surface area contributed by atoms with E-state index in [2.05, 4.69) is 15.9 Å². The molecular weight excluding hydrogens is 574 g/mol. The van der Waals surface area contributed by atoms with Gasteiger partial charge < -0.3 is 23.4 Å². The van der Waals surface area contributed by atoms with Crippen molar-refractivity contribution in [3.63, 3.8) is 0 Å². The Morgan fingerprint density at radius 1 is 0.868 bits per heavy atom. The maximum Gasteiger partial charge on any atom is 0.488 e. The van der Waals surface area contributed by atoms with Crippen LogP contribution in [0, 0.1) is 11.8 Å². The number of methoxy groups -OCH3 is 1. The Morgan fingerprint density at radius 2 is 1.29 bits per heavy atom. The third kappa shape index (κ3) is 6.86. The molecule has 1 aromatic carbocycles. The molecule has 0 amide bonds. The molecule has 4 rings (SSSR count). The molecule has 8 nitrogen and oxygen atoms in total. The molecule has 0 unspecified atom stereocenters. The minimum Gasteiger partial charge on any atom is -0.469 e. The standard InChI is InChI=1S/C14H17BrO4S.C12H24B2O4/c1-19-14(16)11-3-2-10(8-11)9-20(17,18)13-6-4-12(15)5-7-13;1-9(2)10(3,4)16-13(15-9)14-17-11(5,6)12(7,8)18-14/h4-7,10-11H,2-3,8-9H2,1H3;1-8H3/t10-,11+;/m0./s1. The van der Waals surface area contributed by atoms with Crippen molar-refractivity contribution >= 4 is 45.8 Å². The molecule has 0 radical (unpaired) electrons. The Kier molecular flexibility index (Phi) is 9.29. The first-order valence-electron chi connectivity index (χ1n) is 13.1. The lowest BCUT2D eigenvalue weighted by Crippen LogP contribution is -2.41. The van der Waals surface area contributed by atoms with Crippen LogP contribution in [0.25, 0.3) is 0 Å². The molecule has 3 aliphatic rings. The molecule has 2 heterocycles. The zero-order chi connectivity index (χ0) is 28.7. The normalized spacial score (nSPS) is 27.1. The zero-order valence-corrected chi connectivity index (χ0v) is 26.4. The fourth-order valence-corrected chi connectivity index (χ4v) is 6.59. The van der Waals surface area contributed by atoms with Gasteiger partial charge in [0, 0.05) is 4.47 Å². The van der Waals surface area contributed by atoms with Crippen molar-refractivity contribution in [3.05, 3.63) is 28.7 Å². The predicted octanol–water partition coefficient (Wildman–Crippen LogP) is 5.06. The number of esters is 1. The van der Waals surface area contributed by atoms with Gasteiger partial charge in [-0.05, 0) is 105 Å². The minimum absolute atomic E-state index is 0.0350. The second kappa shape index (κ2) is 11.2. The van der Waals surface area contributed by atoms with Gasteiger partial charge in [-0.2, -0.15) is 0 Å². The highest BCUT2D eigenvalue weighted by atomic mass is 79.9. The highest BCUT2D eigenvalue weighted by Crippen LogP contribution is 2.43. The van der Waals surface area contributed by atoms with E-state index in [0.717, 1.165) is 10.9 Å². The van der Waals surface area contributed by atoms with Gasteiger partial charge in [0.05, 0.1) is 46.1 Å². The molecule has 1 aliphatic carbocycles. The first-order valence-corrected chi connectivity index (χ1v) is 15.5. The molecule has 2 atom stereocenters. The van der Waals surface area contributed by atoms with Gasteiger partial charge in [0.15, 0.2) is 9.84 Å². The maximum atomic E-state index is 12.3. The second-order valence-electron chi connectivity index (χ2n) is 12.4. The Balaban J connectivity index is 0.000000212. The summed E-state index contributed by atoms with van der Waals surface area (Å²) in [6, 6.07) is 6.65. The van der Waals surface area contributed by atoms with E-state index in [-0.39, 0.29) is 46.0 Å². The van der Waals surface area contributed by atoms with E-state index < -0.39 is 23.9 Å². The molecular formula is C26H41B2BrO8S. The van der Waals surface area contributed by atoms with Crippen molar-refractivity contribution in [1.82, 2.24) is 0 Å². The van der Waals surface area contributed by atoms with Gasteiger partial charge in [-0.15, -0.1) is 0 Å². The van der Waals surface area contributed by atoms with Crippen molar-refractivity contribution in [2.75, 3.05) is 12.9 Å². The van der Waals surface area contributed by atoms with E-state index >= 15 is 0 Å². The summed E-state index contributed by atoms with van der Waals surface area (Å²) in [5.41, 5.74) is -1.44. The van der Waals surface area contributed by atoms with E-state index in [1.807, 2.05) is 55.4 Å². The lowest BCUT2D eigenvalue weighted by Gasteiger charge is -2.32. The largest absolute Gasteiger partial charge is 0.488 e. The summed E-state index contributed by atoms with van der Waals surface area (Å²) in [6.45, 7) is 16.2. The van der Waals surface area contributed by atoms with Gasteiger partial charge in [-0.1, -0.05) is 15.9 Å². The van der Waals surface area contributed by atoms with Gasteiger partial charge in [0.2, 0.25) is 0 Å². The molecule has 0 N–H and O–H groups in total. The SMILES string of the molecule is CC1(C)OB(B2OC(C)(C)C(C)(C)O2)OC1(C)C.COC(=O)[C@@H]1CC[C@H](CS(=O)(=O)c2ccc(Br)cc2)C1. The van der Waals surface area contributed by atoms with Crippen LogP contribution in [0.2, 0.25) is 0 Å². The molecule has 2 aliphatic heterocycles. The van der Waals surface area contributed by atoms with E-state index in [9.17, 15) is 13.2 Å². The Bertz CT molecular complexity index is 1040. The van der Waals surface area contributed by atoms with Crippen LogP contribution in [0.1, 0.15) is 74.7 Å². The highest BCUT2D eigenvalue weighted by molar-refractivity contribution is 9.10. The molecule has 38 heavy (non-hydrogen) atoms. The summed E-state index contributed by atoms with van der Waals surface area (Å²) >= 11 is 3.29. The van der Waals surface area contributed by atoms with E-state index in [1.165, 1.54) is 7.11 Å². The molecule has 0 spiro atoms. The van der Waals surface area contributed by atoms with Crippen LogP contribution in [-0.4, -0.2) is 63.7 Å². The van der Waals surface area contributed by atoms with E-state index in [1.54, 1.807) is 24.3 Å². The summed E-state index contributed by atoms with van der Waals surface area (Å²) in [5, 5.41) is 0. The van der Waals surface area contributed by atoms with Crippen molar-refractivity contribution in [1.29, 1.82) is 0 Å². The average molecular weight is 615 g/mol. The summed E-state index contributed by atoms with van der Waals surface area (Å²) in [6.07, 6.45) is 2.07. The lowest BCUT2D eigenvalue weighted by molar-refractivity contribution is -0.145. The first kappa shape index (κ1) is 31.6. The van der Waals surface area contributed by atoms with Crippen molar-refractivity contribution in [3.8, 4) is 0 Å². The topological polar surface area (TPSA) is 97.4 Å². The third-order valence-corrected chi connectivity index (χ3v) is 10.9. The molecule has 0 aromatic heterocycles. The molecule has 212 valence electrons. The van der Waals surface area contributed by atoms with E-state index in [0.29, 0.717) is 17.7 Å². The fraction of sp³-hybridized carbons (Fsp3) is 0.731. The van der Waals surface area contributed by atoms with Crippen LogP contribution >= 0.6 is 15.9 Å². The number of rotatable bonds is 5. The van der Waals surface area contributed by atoms with Crippen LogP contribution < -0.4 is 0 Å². The Labute approximate surface area is 237 Å². The number of ether oxygens (including phenoxy) is 1. The average Bonchev–Trinajstić information content (AvgIpc) is 3.40. The number of halogens is 1. The summed E-state index contributed by atoms with van der Waals surface area (Å²) < 4.78 is 54.0. The predicted molar refractivity (Wildman–Crippen MR) is 151 cm³/mol. The smallest absolute Gasteiger partial charge is 0.469 e. The van der Waals surface area contributed by atoms with Crippen molar-refractivity contribution < 1.29 is 36.6 Å². The molecule has 12 heteroatoms. The van der Waals surface area contributed by atoms with Gasteiger partial charge in [-0.3, -0.25) is 4.79 Å². The van der Waals surface area contributed by atoms with E-state index in [4.69, 9.17) is 23.4 Å². The van der Waals surface area contributed by atoms with Gasteiger partial charge >= 0.3 is 20.0 Å². The molecule has 3 fully saturated rings. The van der Waals surface area contributed by atoms with Crippen LogP contribution in [0.3, 0.4) is 0 Å². The number of carbonyl (C=O) groups is 1. The van der Waals surface area contributed by atoms with Crippen molar-refractivity contribution in [2.45, 2.75) is 102 Å². The maximum absolute atomic E-state index is 12.3. The van der Waals surface area contributed by atoms with Crippen molar-refractivity contribution in [2.24, 2.45) is 11.8 Å². The van der Waals surface area contributed by atoms with Crippen LogP contribution in [0.4, 0.5) is 0 Å². The molecule has 1 saturated carbocycles. The number of hydrogen-bond donors (Lipinski definition) is 0. The molecule has 0 bridgehead atoms. The lowest BCUT2D eigenvalue weighted by atomic mass is 9.49. The van der Waals surface area contributed by atoms with Gasteiger partial charge in [-0.25, -0.2) is 8.42 Å². The number of hydrogen-bond acceptors (Lipinski definition) is 8. The Hall–Kier alpha value is -0.910. The summed E-state index contributed by atoms with van der Waals surface area (Å²) in [5.74, 6) is -0.242. The first-order chi connectivity index (χ1) is 17.3. The third-order valence-electron chi connectivity index (χ3n) is 8.47. The summed E-state index contributed by atoms with van der Waals surface area (Å²) in [7, 11) is -2.87. The fourth-order valence-electron chi connectivity index (χ4n) is 4.66. The zero-order valence-electron chi connectivity index (χ0n) is 24.0. The van der Waals surface area contributed by atoms with Crippen LogP contribution in [-0.2, 0) is 38.0 Å². The number of benzene rings is 1. The highest BCUT2D eigenvalue weighted by Gasteiger charge is 2.63. The minimum atomic E-state index is -3.29. The monoisotopic (exact) mass is 614 g/mol. The number of carbonyl (C=O) groups excluding carboxylic acids is 1. The van der Waals surface area contributed by atoms with Crippen LogP contribution in [0.5, 0.6) is 0 Å². The Morgan fingerprint density at radius 3 is 1.68 bits per heavy atom. The van der Waals surface area contributed by atoms with Crippen LogP contribution in [0.15, 0.2) is 33.6 Å². The van der Waals surface area contributed by atoms with Gasteiger partial charge in [0.1, 0.15) is 0 Å². The number of sulfone groups is 1. The quantitative estimate of drug-likeness (QED) is 0.335. The molecule has 2 saturated heterocycles. The van der Waals surface area contributed by atoms with Gasteiger partial charge in [0.25, 0.3) is 0 Å². The summed E-state index contributed by atoms with van der Waals surface area (Å²) in [4.78, 5) is 11.8.